The van der Waals surface area contributed by atoms with Gasteiger partial charge in [-0.1, -0.05) is 0 Å². The Bertz CT molecular complexity index is 562. The second kappa shape index (κ2) is 6.66. The van der Waals surface area contributed by atoms with Gasteiger partial charge in [0.15, 0.2) is 0 Å². The van der Waals surface area contributed by atoms with Crippen molar-refractivity contribution in [1.29, 1.82) is 0 Å². The molecule has 0 unspecified atom stereocenters. The van der Waals surface area contributed by atoms with Gasteiger partial charge in [-0.05, 0) is 18.9 Å². The zero-order chi connectivity index (χ0) is 14.6. The smallest absolute Gasteiger partial charge is 0.254 e. The summed E-state index contributed by atoms with van der Waals surface area (Å²) >= 11 is 1.06. The summed E-state index contributed by atoms with van der Waals surface area (Å²) in [5.74, 6) is -0.0860. The van der Waals surface area contributed by atoms with E-state index in [2.05, 4.69) is 4.72 Å². The lowest BCUT2D eigenvalue weighted by molar-refractivity contribution is 0.0793. The summed E-state index contributed by atoms with van der Waals surface area (Å²) in [4.78, 5) is 13.9. The van der Waals surface area contributed by atoms with Gasteiger partial charge < -0.3 is 9.64 Å². The van der Waals surface area contributed by atoms with E-state index in [1.807, 2.05) is 0 Å². The lowest BCUT2D eigenvalue weighted by Gasteiger charge is -2.13. The van der Waals surface area contributed by atoms with Crippen LogP contribution >= 0.6 is 11.3 Å². The highest BCUT2D eigenvalue weighted by atomic mass is 32.2. The van der Waals surface area contributed by atoms with E-state index < -0.39 is 10.0 Å². The van der Waals surface area contributed by atoms with Crippen molar-refractivity contribution in [1.82, 2.24) is 9.62 Å². The molecule has 1 saturated heterocycles. The van der Waals surface area contributed by atoms with Crippen LogP contribution in [-0.4, -0.2) is 52.6 Å². The quantitative estimate of drug-likeness (QED) is 0.791. The fourth-order valence-electron chi connectivity index (χ4n) is 2.02. The molecule has 0 saturated carbocycles. The van der Waals surface area contributed by atoms with Gasteiger partial charge in [-0.15, -0.1) is 11.3 Å². The first-order valence-electron chi connectivity index (χ1n) is 6.41. The van der Waals surface area contributed by atoms with E-state index >= 15 is 0 Å². The molecule has 1 aromatic heterocycles. The number of sulfonamides is 1. The van der Waals surface area contributed by atoms with Crippen LogP contribution in [-0.2, 0) is 14.8 Å². The minimum atomic E-state index is -3.55. The summed E-state index contributed by atoms with van der Waals surface area (Å²) in [5, 5.41) is 1.60. The van der Waals surface area contributed by atoms with Gasteiger partial charge in [-0.2, -0.15) is 0 Å². The number of likely N-dealkylation sites (tertiary alicyclic amines) is 1. The van der Waals surface area contributed by atoms with Crippen molar-refractivity contribution in [3.63, 3.8) is 0 Å². The third-order valence-corrected chi connectivity index (χ3v) is 5.98. The van der Waals surface area contributed by atoms with Crippen molar-refractivity contribution in [3.05, 3.63) is 17.0 Å². The first kappa shape index (κ1) is 15.4. The van der Waals surface area contributed by atoms with E-state index in [0.717, 1.165) is 37.3 Å². The van der Waals surface area contributed by atoms with Crippen LogP contribution in [0.4, 0.5) is 0 Å². The molecule has 0 aliphatic carbocycles. The van der Waals surface area contributed by atoms with E-state index in [0.29, 0.717) is 12.2 Å². The lowest BCUT2D eigenvalue weighted by Crippen LogP contribution is -2.28. The maximum atomic E-state index is 12.1. The predicted octanol–water partition coefficient (Wildman–Crippen LogP) is 0.909. The predicted molar refractivity (Wildman–Crippen MR) is 76.5 cm³/mol. The third kappa shape index (κ3) is 3.57. The van der Waals surface area contributed by atoms with Gasteiger partial charge in [0.2, 0.25) is 10.0 Å². The Morgan fingerprint density at radius 1 is 1.45 bits per heavy atom. The molecule has 8 heteroatoms. The Morgan fingerprint density at radius 3 is 2.80 bits per heavy atom. The summed E-state index contributed by atoms with van der Waals surface area (Å²) in [6, 6.07) is 1.44. The fraction of sp³-hybridized carbons (Fsp3) is 0.583. The molecule has 1 aromatic rings. The second-order valence-electron chi connectivity index (χ2n) is 4.54. The number of methoxy groups -OCH3 is 1. The summed E-state index contributed by atoms with van der Waals surface area (Å²) < 4.78 is 31.4. The van der Waals surface area contributed by atoms with E-state index in [4.69, 9.17) is 4.74 Å². The van der Waals surface area contributed by atoms with Gasteiger partial charge in [-0.25, -0.2) is 13.1 Å². The maximum absolute atomic E-state index is 12.1. The van der Waals surface area contributed by atoms with Crippen molar-refractivity contribution in [2.45, 2.75) is 17.1 Å². The topological polar surface area (TPSA) is 75.7 Å². The van der Waals surface area contributed by atoms with Gasteiger partial charge in [0, 0.05) is 32.1 Å². The summed E-state index contributed by atoms with van der Waals surface area (Å²) in [5.41, 5.74) is 0.448. The standard InChI is InChI=1S/C12H18N2O4S2/c1-18-7-4-13-20(16,17)11-8-10(9-19-11)12(15)14-5-2-3-6-14/h8-9,13H,2-7H2,1H3. The molecule has 1 aliphatic rings. The van der Waals surface area contributed by atoms with Crippen molar-refractivity contribution in [2.75, 3.05) is 33.4 Å². The lowest BCUT2D eigenvalue weighted by atomic mass is 10.3. The van der Waals surface area contributed by atoms with Crippen LogP contribution in [0.5, 0.6) is 0 Å². The SMILES string of the molecule is COCCNS(=O)(=O)c1cc(C(=O)N2CCCC2)cs1. The van der Waals surface area contributed by atoms with Crippen molar-refractivity contribution < 1.29 is 17.9 Å². The van der Waals surface area contributed by atoms with Crippen LogP contribution in [0, 0.1) is 0 Å². The molecule has 1 aliphatic heterocycles. The molecule has 0 atom stereocenters. The van der Waals surface area contributed by atoms with Gasteiger partial charge in [0.05, 0.1) is 12.2 Å². The Balaban J connectivity index is 2.06. The number of ether oxygens (including phenoxy) is 1. The Kier molecular flexibility index (Phi) is 5.14. The van der Waals surface area contributed by atoms with Crippen LogP contribution in [0.3, 0.4) is 0 Å². The molecule has 1 N–H and O–H groups in total. The zero-order valence-electron chi connectivity index (χ0n) is 11.3. The number of rotatable bonds is 6. The average Bonchev–Trinajstić information content (AvgIpc) is 3.10. The Hall–Kier alpha value is -0.960. The van der Waals surface area contributed by atoms with Crippen LogP contribution < -0.4 is 4.72 Å². The van der Waals surface area contributed by atoms with Crippen molar-refractivity contribution in [3.8, 4) is 0 Å². The van der Waals surface area contributed by atoms with Gasteiger partial charge in [-0.3, -0.25) is 4.79 Å². The number of nitrogens with zero attached hydrogens (tertiary/aromatic N) is 1. The highest BCUT2D eigenvalue weighted by Crippen LogP contribution is 2.22. The Labute approximate surface area is 122 Å². The molecule has 1 fully saturated rings. The Morgan fingerprint density at radius 2 is 2.15 bits per heavy atom. The summed E-state index contributed by atoms with van der Waals surface area (Å²) in [6.45, 7) is 2.03. The number of carbonyl (C=O) groups is 1. The minimum absolute atomic E-state index is 0.0860. The number of amides is 1. The number of nitrogens with one attached hydrogen (secondary N) is 1. The average molecular weight is 318 g/mol. The van der Waals surface area contributed by atoms with E-state index in [1.165, 1.54) is 13.2 Å². The highest BCUT2D eigenvalue weighted by Gasteiger charge is 2.23. The monoisotopic (exact) mass is 318 g/mol. The minimum Gasteiger partial charge on any atom is -0.383 e. The molecule has 0 bridgehead atoms. The molecular weight excluding hydrogens is 300 g/mol. The van der Waals surface area contributed by atoms with Crippen molar-refractivity contribution in [2.24, 2.45) is 0 Å². The fourth-order valence-corrected chi connectivity index (χ4v) is 4.23. The van der Waals surface area contributed by atoms with Gasteiger partial charge >= 0.3 is 0 Å². The molecule has 0 radical (unpaired) electrons. The van der Waals surface area contributed by atoms with E-state index in [1.54, 1.807) is 10.3 Å². The van der Waals surface area contributed by atoms with Crippen LogP contribution in [0.25, 0.3) is 0 Å². The van der Waals surface area contributed by atoms with Crippen LogP contribution in [0.15, 0.2) is 15.7 Å². The van der Waals surface area contributed by atoms with Gasteiger partial charge in [0.1, 0.15) is 4.21 Å². The molecule has 112 valence electrons. The number of hydrogen-bond donors (Lipinski definition) is 1. The first-order chi connectivity index (χ1) is 9.54. The molecule has 0 aromatic carbocycles. The number of hydrogen-bond acceptors (Lipinski definition) is 5. The van der Waals surface area contributed by atoms with E-state index in [9.17, 15) is 13.2 Å². The molecule has 2 rings (SSSR count). The molecular formula is C12H18N2O4S2. The zero-order valence-corrected chi connectivity index (χ0v) is 12.9. The summed E-state index contributed by atoms with van der Waals surface area (Å²) in [6.07, 6.45) is 2.03. The normalized spacial score (nSPS) is 15.8. The van der Waals surface area contributed by atoms with Crippen LogP contribution in [0.1, 0.15) is 23.2 Å². The first-order valence-corrected chi connectivity index (χ1v) is 8.77. The molecule has 2 heterocycles. The number of thiophene rings is 1. The van der Waals surface area contributed by atoms with Crippen molar-refractivity contribution >= 4 is 27.3 Å². The number of carbonyl (C=O) groups excluding carboxylic acids is 1. The van der Waals surface area contributed by atoms with Crippen LogP contribution in [0.2, 0.25) is 0 Å². The summed E-state index contributed by atoms with van der Waals surface area (Å²) in [7, 11) is -2.04. The highest BCUT2D eigenvalue weighted by molar-refractivity contribution is 7.91. The second-order valence-corrected chi connectivity index (χ2v) is 7.45. The van der Waals surface area contributed by atoms with Gasteiger partial charge in [0.25, 0.3) is 5.91 Å². The molecule has 0 spiro atoms. The maximum Gasteiger partial charge on any atom is 0.254 e. The third-order valence-electron chi connectivity index (χ3n) is 3.08. The molecule has 1 amide bonds. The molecule has 20 heavy (non-hydrogen) atoms. The molecule has 6 nitrogen and oxygen atoms in total. The van der Waals surface area contributed by atoms with E-state index in [-0.39, 0.29) is 16.7 Å². The largest absolute Gasteiger partial charge is 0.383 e.